The lowest BCUT2D eigenvalue weighted by Gasteiger charge is -2.13. The fraction of sp³-hybridized carbons (Fsp3) is 0.500. The summed E-state index contributed by atoms with van der Waals surface area (Å²) >= 11 is 4.59. The van der Waals surface area contributed by atoms with Gasteiger partial charge in [-0.05, 0) is 12.8 Å². The first-order valence-electron chi connectivity index (χ1n) is 4.50. The number of hydrogen-bond donors (Lipinski definition) is 1. The lowest BCUT2D eigenvalue weighted by Crippen LogP contribution is -2.27. The normalized spacial score (nSPS) is 25.7. The van der Waals surface area contributed by atoms with Gasteiger partial charge < -0.3 is 4.74 Å². The lowest BCUT2D eigenvalue weighted by molar-refractivity contribution is 0.0333. The molecule has 0 aromatic carbocycles. The number of hydrogen-bond acceptors (Lipinski definition) is 3. The number of rotatable bonds is 1. The van der Waals surface area contributed by atoms with Gasteiger partial charge in [-0.1, -0.05) is 12.2 Å². The van der Waals surface area contributed by atoms with E-state index in [-0.39, 0.29) is 4.64 Å². The summed E-state index contributed by atoms with van der Waals surface area (Å²) in [7, 11) is 5.52. The number of aromatic nitrogens is 2. The van der Waals surface area contributed by atoms with Crippen LogP contribution < -0.4 is 5.69 Å². The van der Waals surface area contributed by atoms with Gasteiger partial charge in [0, 0.05) is 6.00 Å². The topological polar surface area (TPSA) is 47.0 Å². The molecule has 2 heterocycles. The van der Waals surface area contributed by atoms with Crippen molar-refractivity contribution in [1.82, 2.24) is 9.55 Å². The Morgan fingerprint density at radius 1 is 1.67 bits per heavy atom. The predicted molar refractivity (Wildman–Crippen MR) is 54.7 cm³/mol. The summed E-state index contributed by atoms with van der Waals surface area (Å²) in [6, 6.07) is -0.395. The standard InChI is InChI=1S/C8H8BFN2O2S/c9-5-1-2-6(14-5)12-3-4(10)7(15)11-8(12)13/h3,5-6H,1-2H2,(H,11,13,15)/t5-,6?/m0/s1. The molecule has 0 amide bonds. The zero-order valence-electron chi connectivity index (χ0n) is 7.77. The van der Waals surface area contributed by atoms with Crippen molar-refractivity contribution in [3.8, 4) is 0 Å². The fourth-order valence-electron chi connectivity index (χ4n) is 1.52. The van der Waals surface area contributed by atoms with Crippen LogP contribution in [0.1, 0.15) is 19.1 Å². The third-order valence-electron chi connectivity index (χ3n) is 2.26. The highest BCUT2D eigenvalue weighted by Crippen LogP contribution is 2.25. The number of ether oxygens (including phenoxy) is 1. The molecule has 1 aliphatic rings. The Balaban J connectivity index is 2.41. The Labute approximate surface area is 91.5 Å². The predicted octanol–water partition coefficient (Wildman–Crippen LogP) is 0.849. The van der Waals surface area contributed by atoms with E-state index in [1.165, 1.54) is 0 Å². The van der Waals surface area contributed by atoms with Crippen molar-refractivity contribution in [3.05, 3.63) is 27.1 Å². The van der Waals surface area contributed by atoms with Crippen LogP contribution in [-0.2, 0) is 4.74 Å². The molecule has 2 atom stereocenters. The van der Waals surface area contributed by atoms with Crippen molar-refractivity contribution in [2.24, 2.45) is 0 Å². The van der Waals surface area contributed by atoms with Gasteiger partial charge in [0.1, 0.15) is 18.7 Å². The summed E-state index contributed by atoms with van der Waals surface area (Å²) in [6.07, 6.45) is 1.78. The number of H-pyrrole nitrogens is 1. The van der Waals surface area contributed by atoms with Gasteiger partial charge in [0.15, 0.2) is 5.82 Å². The molecule has 1 N–H and O–H groups in total. The molecule has 7 heteroatoms. The largest absolute Gasteiger partial charge is 0.364 e. The first kappa shape index (κ1) is 10.6. The summed E-state index contributed by atoms with van der Waals surface area (Å²) in [5.74, 6) is -0.645. The molecule has 4 nitrogen and oxygen atoms in total. The monoisotopic (exact) mass is 226 g/mol. The zero-order valence-corrected chi connectivity index (χ0v) is 8.59. The molecule has 2 radical (unpaired) electrons. The minimum Gasteiger partial charge on any atom is -0.364 e. The molecule has 1 aromatic heterocycles. The molecule has 15 heavy (non-hydrogen) atoms. The molecule has 1 saturated heterocycles. The van der Waals surface area contributed by atoms with E-state index in [0.29, 0.717) is 12.8 Å². The van der Waals surface area contributed by atoms with Crippen molar-refractivity contribution in [2.75, 3.05) is 0 Å². The van der Waals surface area contributed by atoms with E-state index in [2.05, 4.69) is 17.2 Å². The molecule has 0 saturated carbocycles. The van der Waals surface area contributed by atoms with Crippen LogP contribution in [0.15, 0.2) is 11.0 Å². The molecule has 1 aliphatic heterocycles. The Morgan fingerprint density at radius 3 is 3.00 bits per heavy atom. The van der Waals surface area contributed by atoms with Gasteiger partial charge in [0.05, 0.1) is 6.20 Å². The maximum atomic E-state index is 13.1. The number of aromatic amines is 1. The third kappa shape index (κ3) is 2.03. The van der Waals surface area contributed by atoms with Crippen LogP contribution in [0.3, 0.4) is 0 Å². The Kier molecular flexibility index (Phi) is 2.75. The van der Waals surface area contributed by atoms with Gasteiger partial charge in [-0.3, -0.25) is 9.55 Å². The van der Waals surface area contributed by atoms with Gasteiger partial charge >= 0.3 is 5.69 Å². The van der Waals surface area contributed by atoms with Crippen molar-refractivity contribution in [2.45, 2.75) is 25.1 Å². The minimum atomic E-state index is -0.645. The number of nitrogens with zero attached hydrogens (tertiary/aromatic N) is 1. The summed E-state index contributed by atoms with van der Waals surface area (Å²) < 4.78 is 19.3. The molecule has 0 spiro atoms. The second kappa shape index (κ2) is 3.90. The molecule has 1 aromatic rings. The van der Waals surface area contributed by atoms with Crippen molar-refractivity contribution >= 4 is 20.1 Å². The molecule has 0 bridgehead atoms. The molecule has 78 valence electrons. The molecule has 1 fully saturated rings. The summed E-state index contributed by atoms with van der Waals surface area (Å²) in [4.78, 5) is 13.7. The molecule has 2 rings (SSSR count). The van der Waals surface area contributed by atoms with E-state index in [1.54, 1.807) is 0 Å². The van der Waals surface area contributed by atoms with Crippen LogP contribution in [0.2, 0.25) is 0 Å². The first-order valence-corrected chi connectivity index (χ1v) is 4.91. The van der Waals surface area contributed by atoms with Gasteiger partial charge in [-0.15, -0.1) is 0 Å². The highest BCUT2D eigenvalue weighted by Gasteiger charge is 2.24. The quantitative estimate of drug-likeness (QED) is 0.570. The summed E-state index contributed by atoms with van der Waals surface area (Å²) in [5.41, 5.74) is -0.486. The zero-order chi connectivity index (χ0) is 11.0. The first-order chi connectivity index (χ1) is 7.08. The summed E-state index contributed by atoms with van der Waals surface area (Å²) in [5, 5.41) is 0. The van der Waals surface area contributed by atoms with Crippen LogP contribution in [0.4, 0.5) is 4.39 Å². The average molecular weight is 226 g/mol. The summed E-state index contributed by atoms with van der Waals surface area (Å²) in [6.45, 7) is 0. The van der Waals surface area contributed by atoms with E-state index in [1.807, 2.05) is 0 Å². The van der Waals surface area contributed by atoms with Crippen LogP contribution in [0, 0.1) is 10.5 Å². The maximum absolute atomic E-state index is 13.1. The van der Waals surface area contributed by atoms with Gasteiger partial charge in [-0.2, -0.15) is 0 Å². The second-order valence-electron chi connectivity index (χ2n) is 3.35. The molecular formula is C8H8BFN2O2S. The van der Waals surface area contributed by atoms with Crippen LogP contribution >= 0.6 is 12.2 Å². The number of nitrogens with one attached hydrogen (secondary N) is 1. The maximum Gasteiger partial charge on any atom is 0.328 e. The molecule has 1 unspecified atom stereocenters. The van der Waals surface area contributed by atoms with E-state index < -0.39 is 23.7 Å². The fourth-order valence-corrected chi connectivity index (χ4v) is 1.66. The Hall–Kier alpha value is -0.945. The highest BCUT2D eigenvalue weighted by atomic mass is 32.1. The SMILES string of the molecule is [B][C@@H]1CCC(n2cc(F)c(=S)[nH]c2=O)O1. The van der Waals surface area contributed by atoms with E-state index in [9.17, 15) is 9.18 Å². The Bertz CT molecular complexity index is 486. The van der Waals surface area contributed by atoms with Crippen molar-refractivity contribution < 1.29 is 9.13 Å². The average Bonchev–Trinajstić information content (AvgIpc) is 2.58. The molecule has 0 aliphatic carbocycles. The smallest absolute Gasteiger partial charge is 0.328 e. The lowest BCUT2D eigenvalue weighted by atomic mass is 9.98. The highest BCUT2D eigenvalue weighted by molar-refractivity contribution is 7.71. The van der Waals surface area contributed by atoms with Crippen molar-refractivity contribution in [1.29, 1.82) is 0 Å². The number of halogens is 1. The minimum absolute atomic E-state index is 0.196. The van der Waals surface area contributed by atoms with Crippen LogP contribution in [-0.4, -0.2) is 23.4 Å². The van der Waals surface area contributed by atoms with E-state index >= 15 is 0 Å². The molecular weight excluding hydrogens is 218 g/mol. The van der Waals surface area contributed by atoms with E-state index in [0.717, 1.165) is 10.8 Å². The van der Waals surface area contributed by atoms with Gasteiger partial charge in [0.2, 0.25) is 0 Å². The van der Waals surface area contributed by atoms with Crippen LogP contribution in [0.25, 0.3) is 0 Å². The third-order valence-corrected chi connectivity index (χ3v) is 2.56. The van der Waals surface area contributed by atoms with Gasteiger partial charge in [0.25, 0.3) is 0 Å². The Morgan fingerprint density at radius 2 is 2.40 bits per heavy atom. The van der Waals surface area contributed by atoms with E-state index in [4.69, 9.17) is 12.6 Å². The second-order valence-corrected chi connectivity index (χ2v) is 3.76. The van der Waals surface area contributed by atoms with Gasteiger partial charge in [-0.25, -0.2) is 9.18 Å². The van der Waals surface area contributed by atoms with Crippen molar-refractivity contribution in [3.63, 3.8) is 0 Å². The van der Waals surface area contributed by atoms with Crippen LogP contribution in [0.5, 0.6) is 0 Å².